The number of ether oxygens (including phenoxy) is 1. The summed E-state index contributed by atoms with van der Waals surface area (Å²) in [4.78, 5) is 12.3. The first-order valence-corrected chi connectivity index (χ1v) is 11.8. The Morgan fingerprint density at radius 3 is 2.12 bits per heavy atom. The first-order chi connectivity index (χ1) is 15.6. The molecule has 0 saturated heterocycles. The van der Waals surface area contributed by atoms with E-state index in [-0.39, 0.29) is 5.78 Å². The van der Waals surface area contributed by atoms with E-state index >= 15 is 0 Å². The second kappa shape index (κ2) is 10.4. The summed E-state index contributed by atoms with van der Waals surface area (Å²) in [6.07, 6.45) is 0.866. The van der Waals surface area contributed by atoms with Crippen molar-refractivity contribution in [2.75, 3.05) is 0 Å². The fraction of sp³-hybridized carbons (Fsp3) is 0.138. The van der Waals surface area contributed by atoms with Crippen LogP contribution in [0.2, 0.25) is 0 Å². The third kappa shape index (κ3) is 5.72. The van der Waals surface area contributed by atoms with E-state index in [1.165, 1.54) is 11.1 Å². The Kier molecular flexibility index (Phi) is 7.14. The number of carbonyl (C=O) groups excluding carboxylic acids is 1. The number of rotatable bonds is 8. The Morgan fingerprint density at radius 1 is 0.750 bits per heavy atom. The van der Waals surface area contributed by atoms with Crippen molar-refractivity contribution in [2.45, 2.75) is 26.9 Å². The van der Waals surface area contributed by atoms with Gasteiger partial charge in [-0.2, -0.15) is 0 Å². The van der Waals surface area contributed by atoms with Gasteiger partial charge in [0.25, 0.3) is 0 Å². The summed E-state index contributed by atoms with van der Waals surface area (Å²) in [5, 5.41) is 2.19. The highest BCUT2D eigenvalue weighted by molar-refractivity contribution is 7.56. The van der Waals surface area contributed by atoms with E-state index in [9.17, 15) is 4.79 Å². The topological polar surface area (TPSA) is 26.3 Å². The molecule has 160 valence electrons. The molecule has 32 heavy (non-hydrogen) atoms. The molecule has 0 N–H and O–H groups in total. The molecule has 4 aromatic carbocycles. The van der Waals surface area contributed by atoms with Gasteiger partial charge < -0.3 is 4.74 Å². The zero-order chi connectivity index (χ0) is 22.3. The van der Waals surface area contributed by atoms with E-state index in [2.05, 4.69) is 66.7 Å². The van der Waals surface area contributed by atoms with Gasteiger partial charge in [0.1, 0.15) is 12.4 Å². The molecule has 0 heterocycles. The van der Waals surface area contributed by atoms with Crippen molar-refractivity contribution in [2.24, 2.45) is 0 Å². The summed E-state index contributed by atoms with van der Waals surface area (Å²) in [7, 11) is 0.342. The van der Waals surface area contributed by atoms with Crippen LogP contribution in [0.4, 0.5) is 0 Å². The molecule has 0 aliphatic rings. The highest BCUT2D eigenvalue weighted by atomic mass is 31.1. The van der Waals surface area contributed by atoms with Crippen LogP contribution in [-0.2, 0) is 13.0 Å². The van der Waals surface area contributed by atoms with Crippen molar-refractivity contribution < 1.29 is 9.53 Å². The molecular weight excluding hydrogens is 411 g/mol. The van der Waals surface area contributed by atoms with Gasteiger partial charge in [-0.3, -0.25) is 4.79 Å². The van der Waals surface area contributed by atoms with Gasteiger partial charge in [-0.1, -0.05) is 93.0 Å². The largest absolute Gasteiger partial charge is 0.488 e. The number of carbonyl (C=O) groups is 1. The number of aryl methyl sites for hydroxylation is 1. The average Bonchev–Trinajstić information content (AvgIpc) is 2.81. The molecule has 1 atom stereocenters. The lowest BCUT2D eigenvalue weighted by molar-refractivity contribution is 0.101. The monoisotopic (exact) mass is 438 g/mol. The number of ketones is 1. The van der Waals surface area contributed by atoms with Crippen molar-refractivity contribution in [3.63, 3.8) is 0 Å². The molecule has 0 amide bonds. The Hall–Kier alpha value is -3.22. The summed E-state index contributed by atoms with van der Waals surface area (Å²) in [6, 6.07) is 33.3. The number of hydrogen-bond acceptors (Lipinski definition) is 2. The van der Waals surface area contributed by atoms with Crippen molar-refractivity contribution >= 4 is 25.0 Å². The van der Waals surface area contributed by atoms with Gasteiger partial charge in [0.05, 0.1) is 0 Å². The molecule has 0 radical (unpaired) electrons. The van der Waals surface area contributed by atoms with E-state index in [4.69, 9.17) is 4.74 Å². The number of Topliss-reactive ketones (excluding diaryl/α,β-unsaturated/α-hetero) is 1. The van der Waals surface area contributed by atoms with E-state index in [1.54, 1.807) is 6.92 Å². The highest BCUT2D eigenvalue weighted by Gasteiger charge is 2.13. The van der Waals surface area contributed by atoms with Crippen LogP contribution in [0.1, 0.15) is 39.5 Å². The maximum absolute atomic E-state index is 12.3. The molecule has 0 saturated carbocycles. The summed E-state index contributed by atoms with van der Waals surface area (Å²) >= 11 is 0. The lowest BCUT2D eigenvalue weighted by atomic mass is 10.1. The van der Waals surface area contributed by atoms with Crippen molar-refractivity contribution in [3.05, 3.63) is 125 Å². The quantitative estimate of drug-likeness (QED) is 0.249. The summed E-state index contributed by atoms with van der Waals surface area (Å²) in [6.45, 7) is 4.18. The van der Waals surface area contributed by atoms with E-state index < -0.39 is 0 Å². The molecule has 0 bridgehead atoms. The zero-order valence-electron chi connectivity index (χ0n) is 18.5. The first kappa shape index (κ1) is 22.0. The SMILES string of the molecule is CC(=O)c1cc(C)ccc1Pc1cc(Cc2ccccc2)ccc1OCc1ccccc1. The molecule has 2 nitrogen and oxygen atoms in total. The second-order valence-electron chi connectivity index (χ2n) is 8.00. The lowest BCUT2D eigenvalue weighted by Gasteiger charge is -2.15. The highest BCUT2D eigenvalue weighted by Crippen LogP contribution is 2.25. The van der Waals surface area contributed by atoms with Gasteiger partial charge in [0.15, 0.2) is 5.78 Å². The van der Waals surface area contributed by atoms with Crippen LogP contribution in [0.15, 0.2) is 97.1 Å². The molecule has 0 aromatic heterocycles. The fourth-order valence-electron chi connectivity index (χ4n) is 3.68. The van der Waals surface area contributed by atoms with Crippen LogP contribution in [-0.4, -0.2) is 5.78 Å². The Balaban J connectivity index is 1.66. The zero-order valence-corrected chi connectivity index (χ0v) is 19.5. The summed E-state index contributed by atoms with van der Waals surface area (Å²) < 4.78 is 6.25. The van der Waals surface area contributed by atoms with Gasteiger partial charge in [-0.05, 0) is 60.5 Å². The predicted octanol–water partition coefficient (Wildman–Crippen LogP) is 6.00. The van der Waals surface area contributed by atoms with E-state index in [0.717, 1.165) is 39.5 Å². The molecule has 1 unspecified atom stereocenters. The van der Waals surface area contributed by atoms with Crippen LogP contribution in [0, 0.1) is 6.92 Å². The van der Waals surface area contributed by atoms with E-state index in [1.807, 2.05) is 37.3 Å². The maximum Gasteiger partial charge on any atom is 0.160 e. The van der Waals surface area contributed by atoms with Crippen molar-refractivity contribution in [1.29, 1.82) is 0 Å². The van der Waals surface area contributed by atoms with Crippen LogP contribution in [0.3, 0.4) is 0 Å². The molecular formula is C29H27O2P. The average molecular weight is 439 g/mol. The smallest absolute Gasteiger partial charge is 0.160 e. The standard InChI is InChI=1S/C29H27O2P/c1-21-13-16-28(26(17-21)22(2)30)32-29-19-25(18-23-9-5-3-6-10-23)14-15-27(29)31-20-24-11-7-4-8-12-24/h3-17,19,32H,18,20H2,1-2H3. The fourth-order valence-corrected chi connectivity index (χ4v) is 5.06. The minimum atomic E-state index is 0.100. The summed E-state index contributed by atoms with van der Waals surface area (Å²) in [5.41, 5.74) is 5.55. The molecule has 0 fully saturated rings. The molecule has 4 aromatic rings. The Bertz CT molecular complexity index is 1200. The van der Waals surface area contributed by atoms with Gasteiger partial charge in [-0.15, -0.1) is 0 Å². The van der Waals surface area contributed by atoms with Crippen molar-refractivity contribution in [1.82, 2.24) is 0 Å². The lowest BCUT2D eigenvalue weighted by Crippen LogP contribution is -2.15. The van der Waals surface area contributed by atoms with Gasteiger partial charge in [-0.25, -0.2) is 0 Å². The molecule has 3 heteroatoms. The van der Waals surface area contributed by atoms with Gasteiger partial charge >= 0.3 is 0 Å². The third-order valence-corrected chi connectivity index (χ3v) is 6.72. The maximum atomic E-state index is 12.3. The predicted molar refractivity (Wildman–Crippen MR) is 135 cm³/mol. The first-order valence-electron chi connectivity index (χ1n) is 10.8. The molecule has 0 spiro atoms. The normalized spacial score (nSPS) is 11.1. The third-order valence-electron chi connectivity index (χ3n) is 5.36. The number of hydrogen-bond donors (Lipinski definition) is 0. The van der Waals surface area contributed by atoms with E-state index in [0.29, 0.717) is 15.2 Å². The minimum absolute atomic E-state index is 0.100. The Morgan fingerprint density at radius 2 is 1.44 bits per heavy atom. The van der Waals surface area contributed by atoms with Gasteiger partial charge in [0, 0.05) is 10.9 Å². The second-order valence-corrected chi connectivity index (χ2v) is 9.32. The van der Waals surface area contributed by atoms with Gasteiger partial charge in [0.2, 0.25) is 0 Å². The summed E-state index contributed by atoms with van der Waals surface area (Å²) in [5.74, 6) is 0.975. The molecule has 0 aliphatic heterocycles. The van der Waals surface area contributed by atoms with Crippen LogP contribution in [0.5, 0.6) is 5.75 Å². The Labute approximate surface area is 192 Å². The van der Waals surface area contributed by atoms with Crippen LogP contribution in [0.25, 0.3) is 0 Å². The number of benzene rings is 4. The van der Waals surface area contributed by atoms with Crippen LogP contribution >= 0.6 is 8.58 Å². The van der Waals surface area contributed by atoms with Crippen LogP contribution < -0.4 is 15.3 Å². The minimum Gasteiger partial charge on any atom is -0.488 e. The molecule has 0 aliphatic carbocycles. The van der Waals surface area contributed by atoms with Crippen molar-refractivity contribution in [3.8, 4) is 5.75 Å². The molecule has 4 rings (SSSR count).